The summed E-state index contributed by atoms with van der Waals surface area (Å²) in [6, 6.07) is 7.28. The predicted molar refractivity (Wildman–Crippen MR) is 82.5 cm³/mol. The van der Waals surface area contributed by atoms with Gasteiger partial charge >= 0.3 is 0 Å². The van der Waals surface area contributed by atoms with Gasteiger partial charge < -0.3 is 9.88 Å². The van der Waals surface area contributed by atoms with Gasteiger partial charge in [0.15, 0.2) is 0 Å². The third-order valence-electron chi connectivity index (χ3n) is 3.03. The van der Waals surface area contributed by atoms with Crippen molar-refractivity contribution in [2.24, 2.45) is 0 Å². The number of nitrogens with one attached hydrogen (secondary N) is 1. The van der Waals surface area contributed by atoms with Crippen molar-refractivity contribution in [3.8, 4) is 17.2 Å². The maximum absolute atomic E-state index is 11.8. The second-order valence-electron chi connectivity index (χ2n) is 4.87. The van der Waals surface area contributed by atoms with Crippen LogP contribution in [0.4, 0.5) is 0 Å². The standard InChI is InChI=1S/C16H16N4O/c1-11-13(5-4-7-18-11)14-9-12(10-17)16(21)19-15(14)6-8-20(2)3/h4-9H,1-3H3,(H,19,21)/b8-6+. The molecule has 0 aromatic carbocycles. The summed E-state index contributed by atoms with van der Waals surface area (Å²) in [5.41, 5.74) is 2.88. The van der Waals surface area contributed by atoms with E-state index >= 15 is 0 Å². The van der Waals surface area contributed by atoms with Crippen LogP contribution in [0.25, 0.3) is 17.2 Å². The van der Waals surface area contributed by atoms with Gasteiger partial charge in [0.2, 0.25) is 0 Å². The molecule has 0 spiro atoms. The maximum Gasteiger partial charge on any atom is 0.266 e. The zero-order chi connectivity index (χ0) is 15.4. The summed E-state index contributed by atoms with van der Waals surface area (Å²) in [4.78, 5) is 20.7. The molecule has 0 radical (unpaired) electrons. The Balaban J connectivity index is 2.71. The van der Waals surface area contributed by atoms with Crippen LogP contribution in [0.1, 0.15) is 17.0 Å². The van der Waals surface area contributed by atoms with E-state index in [9.17, 15) is 4.79 Å². The highest BCUT2D eigenvalue weighted by Crippen LogP contribution is 2.25. The van der Waals surface area contributed by atoms with E-state index in [4.69, 9.17) is 5.26 Å². The molecule has 2 heterocycles. The van der Waals surface area contributed by atoms with Gasteiger partial charge in [-0.15, -0.1) is 0 Å². The van der Waals surface area contributed by atoms with E-state index in [0.29, 0.717) is 5.69 Å². The molecular weight excluding hydrogens is 264 g/mol. The van der Waals surface area contributed by atoms with Crippen molar-refractivity contribution in [3.63, 3.8) is 0 Å². The number of rotatable bonds is 3. The van der Waals surface area contributed by atoms with E-state index in [2.05, 4.69) is 9.97 Å². The Morgan fingerprint density at radius 1 is 1.38 bits per heavy atom. The van der Waals surface area contributed by atoms with E-state index < -0.39 is 0 Å². The van der Waals surface area contributed by atoms with Crippen LogP contribution >= 0.6 is 0 Å². The number of aromatic amines is 1. The van der Waals surface area contributed by atoms with Crippen molar-refractivity contribution >= 4 is 6.08 Å². The summed E-state index contributed by atoms with van der Waals surface area (Å²) in [7, 11) is 3.79. The van der Waals surface area contributed by atoms with Gasteiger partial charge in [-0.25, -0.2) is 0 Å². The summed E-state index contributed by atoms with van der Waals surface area (Å²) in [5.74, 6) is 0. The SMILES string of the molecule is Cc1ncccc1-c1cc(C#N)c(=O)[nH]c1/C=C/N(C)C. The predicted octanol–water partition coefficient (Wildman–Crippen LogP) is 2.15. The van der Waals surface area contributed by atoms with E-state index in [1.54, 1.807) is 12.3 Å². The second-order valence-corrected chi connectivity index (χ2v) is 4.87. The lowest BCUT2D eigenvalue weighted by Gasteiger charge is -2.10. The quantitative estimate of drug-likeness (QED) is 0.935. The van der Waals surface area contributed by atoms with Crippen LogP contribution in [-0.2, 0) is 0 Å². The number of hydrogen-bond donors (Lipinski definition) is 1. The molecule has 1 N–H and O–H groups in total. The molecule has 0 unspecified atom stereocenters. The number of hydrogen-bond acceptors (Lipinski definition) is 4. The first-order valence-electron chi connectivity index (χ1n) is 6.47. The Morgan fingerprint density at radius 3 is 2.76 bits per heavy atom. The van der Waals surface area contributed by atoms with E-state index in [1.807, 2.05) is 56.4 Å². The highest BCUT2D eigenvalue weighted by Gasteiger charge is 2.11. The first-order valence-corrected chi connectivity index (χ1v) is 6.47. The van der Waals surface area contributed by atoms with Crippen molar-refractivity contribution in [2.45, 2.75) is 6.92 Å². The average molecular weight is 280 g/mol. The molecule has 0 aliphatic rings. The van der Waals surface area contributed by atoms with Gasteiger partial charge in [-0.1, -0.05) is 6.07 Å². The number of nitrogens with zero attached hydrogens (tertiary/aromatic N) is 3. The first kappa shape index (κ1) is 14.5. The normalized spacial score (nSPS) is 10.6. The summed E-state index contributed by atoms with van der Waals surface area (Å²) < 4.78 is 0. The summed E-state index contributed by atoms with van der Waals surface area (Å²) in [6.45, 7) is 1.89. The van der Waals surface area contributed by atoms with Crippen LogP contribution < -0.4 is 5.56 Å². The van der Waals surface area contributed by atoms with Crippen LogP contribution in [0.3, 0.4) is 0 Å². The molecule has 2 aromatic heterocycles. The van der Waals surface area contributed by atoms with Gasteiger partial charge in [0, 0.05) is 43.3 Å². The van der Waals surface area contributed by atoms with Gasteiger partial charge in [-0.05, 0) is 25.1 Å². The number of aromatic nitrogens is 2. The minimum absolute atomic E-state index is 0.0928. The van der Waals surface area contributed by atoms with Crippen LogP contribution in [0, 0.1) is 18.3 Å². The molecule has 106 valence electrons. The third-order valence-corrected chi connectivity index (χ3v) is 3.03. The smallest absolute Gasteiger partial charge is 0.266 e. The lowest BCUT2D eigenvalue weighted by molar-refractivity contribution is 0.567. The summed E-state index contributed by atoms with van der Waals surface area (Å²) in [5, 5.41) is 9.06. The Hall–Kier alpha value is -2.87. The molecule has 0 saturated heterocycles. The zero-order valence-electron chi connectivity index (χ0n) is 12.2. The molecule has 5 heteroatoms. The van der Waals surface area contributed by atoms with E-state index in [-0.39, 0.29) is 11.1 Å². The monoisotopic (exact) mass is 280 g/mol. The lowest BCUT2D eigenvalue weighted by Crippen LogP contribution is -2.12. The van der Waals surface area contributed by atoms with E-state index in [1.165, 1.54) is 0 Å². The first-order chi connectivity index (χ1) is 10.0. The average Bonchev–Trinajstić information content (AvgIpc) is 2.46. The van der Waals surface area contributed by atoms with Gasteiger partial charge in [-0.3, -0.25) is 9.78 Å². The molecule has 0 atom stereocenters. The molecule has 0 saturated carbocycles. The fraction of sp³-hybridized carbons (Fsp3) is 0.188. The van der Waals surface area contributed by atoms with Gasteiger partial charge in [0.25, 0.3) is 5.56 Å². The fourth-order valence-electron chi connectivity index (χ4n) is 1.97. The maximum atomic E-state index is 11.8. The van der Waals surface area contributed by atoms with Crippen molar-refractivity contribution < 1.29 is 0 Å². The highest BCUT2D eigenvalue weighted by molar-refractivity contribution is 5.75. The number of nitriles is 1. The van der Waals surface area contributed by atoms with Crippen LogP contribution in [0.15, 0.2) is 35.4 Å². The van der Waals surface area contributed by atoms with Gasteiger partial charge in [0.05, 0.1) is 5.69 Å². The molecule has 0 bridgehead atoms. The molecular formula is C16H16N4O. The molecule has 2 rings (SSSR count). The molecule has 0 aliphatic heterocycles. The Labute approximate surface area is 123 Å². The van der Waals surface area contributed by atoms with Crippen molar-refractivity contribution in [1.29, 1.82) is 5.26 Å². The third kappa shape index (κ3) is 3.18. The molecule has 0 amide bonds. The molecule has 0 aliphatic carbocycles. The van der Waals surface area contributed by atoms with Crippen molar-refractivity contribution in [1.82, 2.24) is 14.9 Å². The van der Waals surface area contributed by atoms with Crippen LogP contribution in [0.2, 0.25) is 0 Å². The summed E-state index contributed by atoms with van der Waals surface area (Å²) in [6.07, 6.45) is 5.36. The topological polar surface area (TPSA) is 72.8 Å². The molecule has 21 heavy (non-hydrogen) atoms. The summed E-state index contributed by atoms with van der Waals surface area (Å²) >= 11 is 0. The largest absolute Gasteiger partial charge is 0.383 e. The Kier molecular flexibility index (Phi) is 4.19. The van der Waals surface area contributed by atoms with Crippen molar-refractivity contribution in [2.75, 3.05) is 14.1 Å². The lowest BCUT2D eigenvalue weighted by atomic mass is 10.0. The van der Waals surface area contributed by atoms with E-state index in [0.717, 1.165) is 16.8 Å². The number of H-pyrrole nitrogens is 1. The Bertz CT molecular complexity index is 782. The van der Waals surface area contributed by atoms with Crippen LogP contribution in [-0.4, -0.2) is 29.0 Å². The Morgan fingerprint density at radius 2 is 2.14 bits per heavy atom. The zero-order valence-corrected chi connectivity index (χ0v) is 12.2. The number of pyridine rings is 2. The number of aryl methyl sites for hydroxylation is 1. The second kappa shape index (κ2) is 6.06. The van der Waals surface area contributed by atoms with Crippen molar-refractivity contribution in [3.05, 3.63) is 57.9 Å². The molecule has 2 aromatic rings. The van der Waals surface area contributed by atoms with Gasteiger partial charge in [0.1, 0.15) is 11.6 Å². The molecule has 5 nitrogen and oxygen atoms in total. The minimum atomic E-state index is -0.388. The molecule has 0 fully saturated rings. The highest BCUT2D eigenvalue weighted by atomic mass is 16.1. The fourth-order valence-corrected chi connectivity index (χ4v) is 1.97. The van der Waals surface area contributed by atoms with Crippen LogP contribution in [0.5, 0.6) is 0 Å². The van der Waals surface area contributed by atoms with Gasteiger partial charge in [-0.2, -0.15) is 5.26 Å². The minimum Gasteiger partial charge on any atom is -0.383 e.